The Morgan fingerprint density at radius 1 is 1.38 bits per heavy atom. The molecule has 1 unspecified atom stereocenters. The average molecular weight is 315 g/mol. The number of nitrogens with zero attached hydrogens (tertiary/aromatic N) is 1. The summed E-state index contributed by atoms with van der Waals surface area (Å²) in [5.74, 6) is 0. The quantitative estimate of drug-likeness (QED) is 0.331. The van der Waals surface area contributed by atoms with Crippen LogP contribution in [0.5, 0.6) is 0 Å². The smallest absolute Gasteiger partial charge is 0.292 e. The summed E-state index contributed by atoms with van der Waals surface area (Å²) in [4.78, 5) is 9.96. The largest absolute Gasteiger partial charge is 0.393 e. The normalized spacial score (nSPS) is 13.0. The van der Waals surface area contributed by atoms with Crippen molar-refractivity contribution in [1.29, 1.82) is 0 Å². The molecule has 8 heteroatoms. The fraction of sp³-hybridized carbons (Fsp3) is 0.538. The van der Waals surface area contributed by atoms with Crippen LogP contribution < -0.4 is 10.5 Å². The number of nitrogens with two attached hydrogens (primary N) is 1. The first-order valence-electron chi connectivity index (χ1n) is 6.84. The van der Waals surface area contributed by atoms with Gasteiger partial charge in [0.05, 0.1) is 9.82 Å². The zero-order chi connectivity index (χ0) is 16.0. The summed E-state index contributed by atoms with van der Waals surface area (Å²) in [6.07, 6.45) is 3.81. The van der Waals surface area contributed by atoms with E-state index in [4.69, 9.17) is 5.73 Å². The van der Waals surface area contributed by atoms with Crippen molar-refractivity contribution in [3.8, 4) is 0 Å². The molecule has 1 aromatic carbocycles. The van der Waals surface area contributed by atoms with Crippen LogP contribution in [0.3, 0.4) is 0 Å². The van der Waals surface area contributed by atoms with Crippen molar-refractivity contribution in [3.05, 3.63) is 28.3 Å². The highest BCUT2D eigenvalue weighted by atomic mass is 32.2. The molecule has 21 heavy (non-hydrogen) atoms. The Morgan fingerprint density at radius 3 is 2.57 bits per heavy atom. The van der Waals surface area contributed by atoms with Crippen molar-refractivity contribution in [2.45, 2.75) is 50.5 Å². The van der Waals surface area contributed by atoms with E-state index in [1.807, 2.05) is 0 Å². The van der Waals surface area contributed by atoms with E-state index in [1.165, 1.54) is 6.07 Å². The maximum atomic E-state index is 12.2. The van der Waals surface area contributed by atoms with E-state index in [-0.39, 0.29) is 22.3 Å². The topological polar surface area (TPSA) is 115 Å². The summed E-state index contributed by atoms with van der Waals surface area (Å²) in [6.45, 7) is 3.87. The number of nitrogens with one attached hydrogen (secondary N) is 1. The van der Waals surface area contributed by atoms with Crippen molar-refractivity contribution < 1.29 is 13.3 Å². The lowest BCUT2D eigenvalue weighted by Gasteiger charge is -2.14. The van der Waals surface area contributed by atoms with Gasteiger partial charge in [0, 0.05) is 12.1 Å². The molecule has 0 aliphatic rings. The van der Waals surface area contributed by atoms with Crippen LogP contribution in [-0.4, -0.2) is 19.4 Å². The summed E-state index contributed by atoms with van der Waals surface area (Å²) >= 11 is 0. The molecule has 3 N–H and O–H groups in total. The lowest BCUT2D eigenvalue weighted by Crippen LogP contribution is -2.32. The molecule has 1 aromatic rings. The molecule has 0 saturated heterocycles. The number of sulfonamides is 1. The van der Waals surface area contributed by atoms with Gasteiger partial charge < -0.3 is 5.73 Å². The average Bonchev–Trinajstić information content (AvgIpc) is 2.37. The molecule has 0 radical (unpaired) electrons. The highest BCUT2D eigenvalue weighted by molar-refractivity contribution is 7.89. The van der Waals surface area contributed by atoms with Crippen molar-refractivity contribution in [3.63, 3.8) is 0 Å². The molecule has 0 aliphatic carbocycles. The van der Waals surface area contributed by atoms with Gasteiger partial charge in [0.1, 0.15) is 5.69 Å². The lowest BCUT2D eigenvalue weighted by molar-refractivity contribution is -0.383. The SMILES string of the molecule is CCCCCC(C)NS(=O)(=O)c1ccc([N+](=O)[O-])c(N)c1. The first-order valence-corrected chi connectivity index (χ1v) is 8.32. The number of nitro benzene ring substituents is 1. The third-order valence-corrected chi connectivity index (χ3v) is 4.69. The van der Waals surface area contributed by atoms with Gasteiger partial charge in [-0.1, -0.05) is 26.2 Å². The minimum atomic E-state index is -3.71. The van der Waals surface area contributed by atoms with Gasteiger partial charge in [-0.25, -0.2) is 13.1 Å². The van der Waals surface area contributed by atoms with Crippen LogP contribution in [-0.2, 0) is 10.0 Å². The molecule has 1 atom stereocenters. The highest BCUT2D eigenvalue weighted by Crippen LogP contribution is 2.24. The molecule has 0 saturated carbocycles. The van der Waals surface area contributed by atoms with Crippen molar-refractivity contribution in [2.75, 3.05) is 5.73 Å². The van der Waals surface area contributed by atoms with Crippen LogP contribution in [0.25, 0.3) is 0 Å². The number of nitrogen functional groups attached to an aromatic ring is 1. The zero-order valence-electron chi connectivity index (χ0n) is 12.2. The standard InChI is InChI=1S/C13H21N3O4S/c1-3-4-5-6-10(2)15-21(19,20)11-7-8-13(16(17)18)12(14)9-11/h7-10,15H,3-6,14H2,1-2H3. The predicted molar refractivity (Wildman–Crippen MR) is 81.4 cm³/mol. The van der Waals surface area contributed by atoms with E-state index in [1.54, 1.807) is 6.92 Å². The summed E-state index contributed by atoms with van der Waals surface area (Å²) in [6, 6.07) is 3.21. The van der Waals surface area contributed by atoms with E-state index in [2.05, 4.69) is 11.6 Å². The summed E-state index contributed by atoms with van der Waals surface area (Å²) in [5, 5.41) is 10.7. The molecular formula is C13H21N3O4S. The fourth-order valence-corrected chi connectivity index (χ4v) is 3.27. The van der Waals surface area contributed by atoms with Gasteiger partial charge in [-0.2, -0.15) is 0 Å². The Morgan fingerprint density at radius 2 is 2.05 bits per heavy atom. The fourth-order valence-electron chi connectivity index (χ4n) is 1.96. The first-order chi connectivity index (χ1) is 9.77. The maximum absolute atomic E-state index is 12.2. The van der Waals surface area contributed by atoms with E-state index in [0.29, 0.717) is 0 Å². The molecule has 0 amide bonds. The van der Waals surface area contributed by atoms with E-state index >= 15 is 0 Å². The lowest BCUT2D eigenvalue weighted by atomic mass is 10.1. The molecule has 0 aliphatic heterocycles. The van der Waals surface area contributed by atoms with Crippen LogP contribution >= 0.6 is 0 Å². The number of benzene rings is 1. The van der Waals surface area contributed by atoms with Gasteiger partial charge in [0.25, 0.3) is 5.69 Å². The summed E-state index contributed by atoms with van der Waals surface area (Å²) in [7, 11) is -3.71. The minimum Gasteiger partial charge on any atom is -0.393 e. The van der Waals surface area contributed by atoms with Crippen LogP contribution in [0.4, 0.5) is 11.4 Å². The van der Waals surface area contributed by atoms with Gasteiger partial charge in [-0.05, 0) is 25.5 Å². The summed E-state index contributed by atoms with van der Waals surface area (Å²) < 4.78 is 26.9. The number of hydrogen-bond donors (Lipinski definition) is 2. The minimum absolute atomic E-state index is 0.0621. The monoisotopic (exact) mass is 315 g/mol. The second-order valence-electron chi connectivity index (χ2n) is 5.00. The van der Waals surface area contributed by atoms with Gasteiger partial charge in [0.2, 0.25) is 10.0 Å². The molecule has 118 valence electrons. The number of rotatable bonds is 8. The maximum Gasteiger partial charge on any atom is 0.292 e. The van der Waals surface area contributed by atoms with Crippen LogP contribution in [0.15, 0.2) is 23.1 Å². The molecule has 0 aromatic heterocycles. The third-order valence-electron chi connectivity index (χ3n) is 3.10. The number of anilines is 1. The van der Waals surface area contributed by atoms with Crippen molar-refractivity contribution >= 4 is 21.4 Å². The van der Waals surface area contributed by atoms with Crippen LogP contribution in [0, 0.1) is 10.1 Å². The molecule has 7 nitrogen and oxygen atoms in total. The molecule has 0 heterocycles. The molecule has 0 bridgehead atoms. The van der Waals surface area contributed by atoms with Gasteiger partial charge >= 0.3 is 0 Å². The van der Waals surface area contributed by atoms with Crippen LogP contribution in [0.2, 0.25) is 0 Å². The van der Waals surface area contributed by atoms with Gasteiger partial charge in [-0.15, -0.1) is 0 Å². The van der Waals surface area contributed by atoms with E-state index in [0.717, 1.165) is 37.8 Å². The second kappa shape index (κ2) is 7.37. The molecule has 0 fully saturated rings. The third kappa shape index (κ3) is 4.98. The number of nitro groups is 1. The Balaban J connectivity index is 2.83. The zero-order valence-corrected chi connectivity index (χ0v) is 13.0. The second-order valence-corrected chi connectivity index (χ2v) is 6.71. The van der Waals surface area contributed by atoms with E-state index < -0.39 is 14.9 Å². The highest BCUT2D eigenvalue weighted by Gasteiger charge is 2.20. The number of unbranched alkanes of at least 4 members (excludes halogenated alkanes) is 2. The van der Waals surface area contributed by atoms with Crippen molar-refractivity contribution in [2.24, 2.45) is 0 Å². The van der Waals surface area contributed by atoms with Gasteiger partial charge in [-0.3, -0.25) is 10.1 Å². The van der Waals surface area contributed by atoms with Gasteiger partial charge in [0.15, 0.2) is 0 Å². The van der Waals surface area contributed by atoms with Crippen LogP contribution in [0.1, 0.15) is 39.5 Å². The molecular weight excluding hydrogens is 294 g/mol. The Labute approximate surface area is 124 Å². The number of hydrogen-bond acceptors (Lipinski definition) is 5. The Hall–Kier alpha value is -1.67. The Kier molecular flexibility index (Phi) is 6.10. The molecule has 1 rings (SSSR count). The van der Waals surface area contributed by atoms with E-state index in [9.17, 15) is 18.5 Å². The van der Waals surface area contributed by atoms with Crippen molar-refractivity contribution in [1.82, 2.24) is 4.72 Å². The summed E-state index contributed by atoms with van der Waals surface area (Å²) in [5.41, 5.74) is 5.05. The first kappa shape index (κ1) is 17.4. The molecule has 0 spiro atoms. The Bertz CT molecular complexity index is 601. The predicted octanol–water partition coefficient (Wildman–Crippen LogP) is 2.42.